The van der Waals surface area contributed by atoms with Gasteiger partial charge in [0.15, 0.2) is 5.78 Å². The number of carboxylic acids is 1. The van der Waals surface area contributed by atoms with E-state index in [1.807, 2.05) is 0 Å². The Morgan fingerprint density at radius 2 is 2.08 bits per heavy atom. The lowest BCUT2D eigenvalue weighted by molar-refractivity contribution is -0.140. The lowest BCUT2D eigenvalue weighted by atomic mass is 10.1. The molecule has 9 heteroatoms. The molecular formula is C15H14FN3O5. The largest absolute Gasteiger partial charge is 0.481 e. The van der Waals surface area contributed by atoms with Crippen LogP contribution < -0.4 is 10.9 Å². The molecule has 1 amide bonds. The summed E-state index contributed by atoms with van der Waals surface area (Å²) in [5.41, 5.74) is -0.434. The minimum absolute atomic E-state index is 0.363. The van der Waals surface area contributed by atoms with E-state index in [9.17, 15) is 23.6 Å². The van der Waals surface area contributed by atoms with E-state index in [0.29, 0.717) is 10.8 Å². The van der Waals surface area contributed by atoms with E-state index in [-0.39, 0.29) is 0 Å². The Balaban J connectivity index is 2.16. The number of pyridine rings is 2. The molecule has 0 spiro atoms. The second-order valence-electron chi connectivity index (χ2n) is 5.03. The van der Waals surface area contributed by atoms with E-state index in [1.165, 1.54) is 24.7 Å². The molecule has 1 atom stereocenters. The third kappa shape index (κ3) is 4.00. The quantitative estimate of drug-likeness (QED) is 0.729. The van der Waals surface area contributed by atoms with Gasteiger partial charge in [0, 0.05) is 24.0 Å². The first-order valence-corrected chi connectivity index (χ1v) is 6.95. The van der Waals surface area contributed by atoms with Gasteiger partial charge in [0.1, 0.15) is 19.3 Å². The molecule has 2 aromatic heterocycles. The van der Waals surface area contributed by atoms with E-state index in [1.54, 1.807) is 6.07 Å². The van der Waals surface area contributed by atoms with Crippen LogP contribution in [-0.4, -0.2) is 45.0 Å². The first kappa shape index (κ1) is 17.3. The molecule has 0 aliphatic rings. The molecule has 0 radical (unpaired) electrons. The van der Waals surface area contributed by atoms with Crippen LogP contribution in [0.1, 0.15) is 6.42 Å². The Bertz CT molecular complexity index is 848. The van der Waals surface area contributed by atoms with Gasteiger partial charge in [-0.3, -0.25) is 24.2 Å². The number of nitrogens with zero attached hydrogens (tertiary/aromatic N) is 2. The number of fused-ring (bicyclic) bond motifs is 1. The van der Waals surface area contributed by atoms with Crippen molar-refractivity contribution in [3.63, 3.8) is 0 Å². The Morgan fingerprint density at radius 1 is 1.33 bits per heavy atom. The van der Waals surface area contributed by atoms with Gasteiger partial charge in [-0.05, 0) is 12.1 Å². The van der Waals surface area contributed by atoms with Gasteiger partial charge in [0.05, 0.1) is 11.8 Å². The summed E-state index contributed by atoms with van der Waals surface area (Å²) in [6, 6.07) is 1.63. The fourth-order valence-electron chi connectivity index (χ4n) is 2.16. The zero-order valence-corrected chi connectivity index (χ0v) is 12.4. The minimum Gasteiger partial charge on any atom is -0.481 e. The number of alkyl halides is 1. The third-order valence-electron chi connectivity index (χ3n) is 3.33. The van der Waals surface area contributed by atoms with Crippen molar-refractivity contribution in [3.05, 3.63) is 41.1 Å². The number of aromatic nitrogens is 2. The Kier molecular flexibility index (Phi) is 5.35. The molecule has 0 fully saturated rings. The van der Waals surface area contributed by atoms with E-state index >= 15 is 0 Å². The van der Waals surface area contributed by atoms with Gasteiger partial charge < -0.3 is 15.0 Å². The molecule has 0 aliphatic carbocycles. The number of ketones is 1. The Morgan fingerprint density at radius 3 is 2.75 bits per heavy atom. The molecule has 2 heterocycles. The highest BCUT2D eigenvalue weighted by atomic mass is 19.1. The number of amides is 1. The van der Waals surface area contributed by atoms with Crippen LogP contribution in [0.15, 0.2) is 35.5 Å². The summed E-state index contributed by atoms with van der Waals surface area (Å²) in [4.78, 5) is 50.1. The lowest BCUT2D eigenvalue weighted by Gasteiger charge is -2.15. The fraction of sp³-hybridized carbons (Fsp3) is 0.267. The molecule has 8 nitrogen and oxygen atoms in total. The van der Waals surface area contributed by atoms with Gasteiger partial charge in [-0.2, -0.15) is 0 Å². The van der Waals surface area contributed by atoms with Crippen molar-refractivity contribution in [1.82, 2.24) is 14.9 Å². The smallest absolute Gasteiger partial charge is 0.305 e. The maximum absolute atomic E-state index is 12.4. The average Bonchev–Trinajstić information content (AvgIpc) is 2.56. The number of hydrogen-bond donors (Lipinski definition) is 2. The Hall–Kier alpha value is -3.10. The highest BCUT2D eigenvalue weighted by Gasteiger charge is 2.23. The van der Waals surface area contributed by atoms with Crippen molar-refractivity contribution in [3.8, 4) is 0 Å². The zero-order valence-electron chi connectivity index (χ0n) is 12.4. The Labute approximate surface area is 134 Å². The number of Topliss-reactive ketones (excluding diaryl/α,β-unsaturated/α-hetero) is 1. The van der Waals surface area contributed by atoms with Crippen molar-refractivity contribution >= 4 is 28.4 Å². The predicted molar refractivity (Wildman–Crippen MR) is 81.2 cm³/mol. The van der Waals surface area contributed by atoms with Crippen molar-refractivity contribution in [2.24, 2.45) is 0 Å². The number of carbonyl (C=O) groups is 3. The number of halogens is 1. The highest BCUT2D eigenvalue weighted by molar-refractivity contribution is 5.92. The normalized spacial score (nSPS) is 11.9. The molecule has 2 aromatic rings. The second kappa shape index (κ2) is 7.44. The number of carboxylic acid groups (broad SMARTS) is 1. The maximum atomic E-state index is 12.4. The summed E-state index contributed by atoms with van der Waals surface area (Å²) in [5, 5.41) is 11.8. The first-order chi connectivity index (χ1) is 11.4. The van der Waals surface area contributed by atoms with E-state index in [0.717, 1.165) is 4.57 Å². The fourth-order valence-corrected chi connectivity index (χ4v) is 2.16. The molecule has 2 rings (SSSR count). The van der Waals surface area contributed by atoms with E-state index in [4.69, 9.17) is 5.11 Å². The third-order valence-corrected chi connectivity index (χ3v) is 3.33. The van der Waals surface area contributed by atoms with Crippen LogP contribution in [0.25, 0.3) is 10.8 Å². The molecule has 0 aliphatic heterocycles. The SMILES string of the molecule is O=C(O)CC(NC(=O)Cn1ccc2cnccc2c1=O)C(=O)CF. The minimum atomic E-state index is -1.47. The van der Waals surface area contributed by atoms with E-state index < -0.39 is 48.9 Å². The number of hydrogen-bond acceptors (Lipinski definition) is 5. The molecule has 0 saturated carbocycles. The van der Waals surface area contributed by atoms with Gasteiger partial charge in [-0.25, -0.2) is 4.39 Å². The summed E-state index contributed by atoms with van der Waals surface area (Å²) in [7, 11) is 0. The number of aliphatic carboxylic acids is 1. The maximum Gasteiger partial charge on any atom is 0.305 e. The van der Waals surface area contributed by atoms with Crippen molar-refractivity contribution < 1.29 is 23.9 Å². The van der Waals surface area contributed by atoms with Crippen LogP contribution in [0, 0.1) is 0 Å². The van der Waals surface area contributed by atoms with Crippen LogP contribution in [0.5, 0.6) is 0 Å². The van der Waals surface area contributed by atoms with Crippen molar-refractivity contribution in [2.75, 3.05) is 6.67 Å². The van der Waals surface area contributed by atoms with Gasteiger partial charge in [0.2, 0.25) is 5.91 Å². The topological polar surface area (TPSA) is 118 Å². The molecule has 0 aromatic carbocycles. The number of carbonyl (C=O) groups excluding carboxylic acids is 2. The second-order valence-corrected chi connectivity index (χ2v) is 5.03. The molecule has 126 valence electrons. The molecule has 1 unspecified atom stereocenters. The van der Waals surface area contributed by atoms with Crippen molar-refractivity contribution in [2.45, 2.75) is 19.0 Å². The zero-order chi connectivity index (χ0) is 17.7. The average molecular weight is 335 g/mol. The number of nitrogens with one attached hydrogen (secondary N) is 1. The van der Waals surface area contributed by atoms with E-state index in [2.05, 4.69) is 10.3 Å². The predicted octanol–water partition coefficient (Wildman–Crippen LogP) is -0.105. The van der Waals surface area contributed by atoms with Crippen LogP contribution in [0.4, 0.5) is 4.39 Å². The molecule has 0 bridgehead atoms. The van der Waals surface area contributed by atoms with Crippen molar-refractivity contribution in [1.29, 1.82) is 0 Å². The first-order valence-electron chi connectivity index (χ1n) is 6.95. The van der Waals surface area contributed by atoms with Gasteiger partial charge in [-0.15, -0.1) is 0 Å². The summed E-state index contributed by atoms with van der Waals surface area (Å²) in [6.45, 7) is -1.81. The van der Waals surface area contributed by atoms with Crippen LogP contribution in [0.3, 0.4) is 0 Å². The highest BCUT2D eigenvalue weighted by Crippen LogP contribution is 2.06. The molecule has 2 N–H and O–H groups in total. The summed E-state index contributed by atoms with van der Waals surface area (Å²) in [5.74, 6) is -3.15. The molecular weight excluding hydrogens is 321 g/mol. The van der Waals surface area contributed by atoms with Gasteiger partial charge in [-0.1, -0.05) is 0 Å². The summed E-state index contributed by atoms with van der Waals surface area (Å²) >= 11 is 0. The van der Waals surface area contributed by atoms with Gasteiger partial charge >= 0.3 is 5.97 Å². The molecule has 24 heavy (non-hydrogen) atoms. The van der Waals surface area contributed by atoms with Crippen LogP contribution in [-0.2, 0) is 20.9 Å². The van der Waals surface area contributed by atoms with Gasteiger partial charge in [0.25, 0.3) is 5.56 Å². The summed E-state index contributed by atoms with van der Waals surface area (Å²) in [6.07, 6.45) is 3.60. The van der Waals surface area contributed by atoms with Crippen LogP contribution in [0.2, 0.25) is 0 Å². The summed E-state index contributed by atoms with van der Waals surface area (Å²) < 4.78 is 13.6. The number of rotatable bonds is 7. The standard InChI is InChI=1S/C15H14FN3O5/c16-6-12(20)11(5-14(22)23)18-13(21)8-19-4-2-9-7-17-3-1-10(9)15(19)24/h1-4,7,11H,5-6,8H2,(H,18,21)(H,22,23). The monoisotopic (exact) mass is 335 g/mol. The van der Waals surface area contributed by atoms with Crippen LogP contribution >= 0.6 is 0 Å². The lowest BCUT2D eigenvalue weighted by Crippen LogP contribution is -2.45. The molecule has 0 saturated heterocycles.